The molecule has 3 rings (SSSR count). The Labute approximate surface area is 133 Å². The van der Waals surface area contributed by atoms with Gasteiger partial charge in [-0.2, -0.15) is 0 Å². The molecule has 0 unspecified atom stereocenters. The highest BCUT2D eigenvalue weighted by Crippen LogP contribution is 2.11. The zero-order valence-electron chi connectivity index (χ0n) is 12.6. The first-order valence-electron chi connectivity index (χ1n) is 7.40. The lowest BCUT2D eigenvalue weighted by Crippen LogP contribution is -2.40. The van der Waals surface area contributed by atoms with Gasteiger partial charge in [-0.05, 0) is 5.56 Å². The monoisotopic (exact) mass is 315 g/mol. The lowest BCUT2D eigenvalue weighted by Gasteiger charge is -2.26. The molecule has 0 saturated carbocycles. The van der Waals surface area contributed by atoms with Crippen molar-refractivity contribution in [1.82, 2.24) is 4.90 Å². The molecule has 0 N–H and O–H groups in total. The predicted octanol–water partition coefficient (Wildman–Crippen LogP) is 1.69. The molecule has 1 aliphatic rings. The number of benzene rings is 1. The highest BCUT2D eigenvalue weighted by atomic mass is 16.5. The van der Waals surface area contributed by atoms with Crippen molar-refractivity contribution in [2.24, 2.45) is 0 Å². The Hall–Kier alpha value is -2.60. The van der Waals surface area contributed by atoms with Crippen LogP contribution >= 0.6 is 0 Å². The molecule has 2 aromatic rings. The maximum atomic E-state index is 12.2. The molecule has 6 heteroatoms. The Balaban J connectivity index is 1.68. The SMILES string of the molecule is O=C(c1cc(=O)c(OCc2ccccc2)co1)N1CCOCC1. The van der Waals surface area contributed by atoms with Crippen molar-refractivity contribution in [1.29, 1.82) is 0 Å². The van der Waals surface area contributed by atoms with Gasteiger partial charge in [0, 0.05) is 19.2 Å². The minimum absolute atomic E-state index is 0.0176. The van der Waals surface area contributed by atoms with Crippen LogP contribution in [0.2, 0.25) is 0 Å². The molecule has 2 heterocycles. The molecule has 0 aliphatic carbocycles. The van der Waals surface area contributed by atoms with Crippen molar-refractivity contribution in [2.75, 3.05) is 26.3 Å². The molecule has 6 nitrogen and oxygen atoms in total. The normalized spacial score (nSPS) is 14.5. The number of nitrogens with zero attached hydrogens (tertiary/aromatic N) is 1. The Kier molecular flexibility index (Phi) is 4.73. The highest BCUT2D eigenvalue weighted by Gasteiger charge is 2.21. The maximum Gasteiger partial charge on any atom is 0.289 e. The van der Waals surface area contributed by atoms with Crippen LogP contribution in [0.25, 0.3) is 0 Å². The smallest absolute Gasteiger partial charge is 0.289 e. The summed E-state index contributed by atoms with van der Waals surface area (Å²) in [6.45, 7) is 2.24. The third-order valence-electron chi connectivity index (χ3n) is 3.54. The number of carbonyl (C=O) groups excluding carboxylic acids is 1. The average Bonchev–Trinajstić information content (AvgIpc) is 2.61. The van der Waals surface area contributed by atoms with Crippen LogP contribution in [0.1, 0.15) is 16.1 Å². The quantitative estimate of drug-likeness (QED) is 0.859. The fourth-order valence-corrected chi connectivity index (χ4v) is 2.27. The largest absolute Gasteiger partial charge is 0.482 e. The van der Waals surface area contributed by atoms with Crippen molar-refractivity contribution in [3.05, 3.63) is 64.2 Å². The zero-order chi connectivity index (χ0) is 16.1. The van der Waals surface area contributed by atoms with E-state index in [0.29, 0.717) is 26.3 Å². The van der Waals surface area contributed by atoms with E-state index in [2.05, 4.69) is 0 Å². The van der Waals surface area contributed by atoms with Gasteiger partial charge in [0.1, 0.15) is 12.9 Å². The molecule has 0 bridgehead atoms. The summed E-state index contributed by atoms with van der Waals surface area (Å²) in [4.78, 5) is 25.9. The van der Waals surface area contributed by atoms with Gasteiger partial charge in [-0.3, -0.25) is 9.59 Å². The molecule has 1 aliphatic heterocycles. The molecule has 1 saturated heterocycles. The van der Waals surface area contributed by atoms with E-state index in [-0.39, 0.29) is 29.5 Å². The third-order valence-corrected chi connectivity index (χ3v) is 3.54. The van der Waals surface area contributed by atoms with Gasteiger partial charge in [-0.15, -0.1) is 0 Å². The van der Waals surface area contributed by atoms with E-state index >= 15 is 0 Å². The van der Waals surface area contributed by atoms with Crippen molar-refractivity contribution in [3.63, 3.8) is 0 Å². The van der Waals surface area contributed by atoms with Crippen LogP contribution in [0.5, 0.6) is 5.75 Å². The summed E-state index contributed by atoms with van der Waals surface area (Å²) < 4.78 is 15.9. The van der Waals surface area contributed by atoms with Crippen LogP contribution in [0.15, 0.2) is 51.9 Å². The van der Waals surface area contributed by atoms with Crippen molar-refractivity contribution >= 4 is 5.91 Å². The Morgan fingerprint density at radius 3 is 2.61 bits per heavy atom. The molecule has 120 valence electrons. The summed E-state index contributed by atoms with van der Waals surface area (Å²) in [6.07, 6.45) is 1.19. The summed E-state index contributed by atoms with van der Waals surface area (Å²) in [5.74, 6) is -0.198. The van der Waals surface area contributed by atoms with Crippen LogP contribution in [0.3, 0.4) is 0 Å². The minimum atomic E-state index is -0.371. The van der Waals surface area contributed by atoms with Crippen LogP contribution in [0, 0.1) is 0 Å². The molecule has 1 aromatic heterocycles. The Morgan fingerprint density at radius 1 is 1.17 bits per heavy atom. The summed E-state index contributed by atoms with van der Waals surface area (Å²) >= 11 is 0. The number of amides is 1. The number of hydrogen-bond donors (Lipinski definition) is 0. The molecule has 23 heavy (non-hydrogen) atoms. The third kappa shape index (κ3) is 3.78. The van der Waals surface area contributed by atoms with Gasteiger partial charge >= 0.3 is 0 Å². The van der Waals surface area contributed by atoms with Crippen LogP contribution in [-0.4, -0.2) is 37.1 Å². The number of carbonyl (C=O) groups is 1. The standard InChI is InChI=1S/C17H17NO5/c19-14-10-15(17(20)18-6-8-21-9-7-18)23-12-16(14)22-11-13-4-2-1-3-5-13/h1-5,10,12H,6-9,11H2. The summed E-state index contributed by atoms with van der Waals surface area (Å²) in [7, 11) is 0. The van der Waals surface area contributed by atoms with E-state index in [9.17, 15) is 9.59 Å². The lowest BCUT2D eigenvalue weighted by molar-refractivity contribution is 0.0280. The van der Waals surface area contributed by atoms with Gasteiger partial charge in [0.05, 0.1) is 13.2 Å². The molecule has 0 spiro atoms. The lowest BCUT2D eigenvalue weighted by atomic mass is 10.2. The maximum absolute atomic E-state index is 12.2. The second-order valence-corrected chi connectivity index (χ2v) is 5.15. The van der Waals surface area contributed by atoms with E-state index in [4.69, 9.17) is 13.9 Å². The van der Waals surface area contributed by atoms with Gasteiger partial charge in [0.15, 0.2) is 5.76 Å². The topological polar surface area (TPSA) is 69.0 Å². The molecule has 0 atom stereocenters. The van der Waals surface area contributed by atoms with Gasteiger partial charge in [0.25, 0.3) is 5.91 Å². The molecular formula is C17H17NO5. The Bertz CT molecular complexity index is 719. The van der Waals surface area contributed by atoms with Gasteiger partial charge in [-0.25, -0.2) is 0 Å². The van der Waals surface area contributed by atoms with E-state index < -0.39 is 0 Å². The van der Waals surface area contributed by atoms with E-state index in [0.717, 1.165) is 5.56 Å². The van der Waals surface area contributed by atoms with Crippen LogP contribution in [0.4, 0.5) is 0 Å². The summed E-state index contributed by atoms with van der Waals surface area (Å²) in [5, 5.41) is 0. The molecular weight excluding hydrogens is 298 g/mol. The van der Waals surface area contributed by atoms with Gasteiger partial charge in [-0.1, -0.05) is 30.3 Å². The van der Waals surface area contributed by atoms with Crippen molar-refractivity contribution in [2.45, 2.75) is 6.61 Å². The number of ether oxygens (including phenoxy) is 2. The summed E-state index contributed by atoms with van der Waals surface area (Å²) in [6, 6.07) is 10.7. The highest BCUT2D eigenvalue weighted by molar-refractivity contribution is 5.91. The average molecular weight is 315 g/mol. The van der Waals surface area contributed by atoms with Crippen molar-refractivity contribution < 1.29 is 18.7 Å². The number of hydrogen-bond acceptors (Lipinski definition) is 5. The first-order chi connectivity index (χ1) is 11.2. The molecule has 1 fully saturated rings. The fraction of sp³-hybridized carbons (Fsp3) is 0.294. The van der Waals surface area contributed by atoms with Crippen molar-refractivity contribution in [3.8, 4) is 5.75 Å². The Morgan fingerprint density at radius 2 is 1.91 bits per heavy atom. The zero-order valence-corrected chi connectivity index (χ0v) is 12.6. The first-order valence-corrected chi connectivity index (χ1v) is 7.40. The van der Waals surface area contributed by atoms with E-state index in [1.807, 2.05) is 30.3 Å². The first kappa shape index (κ1) is 15.3. The second kappa shape index (κ2) is 7.11. The van der Waals surface area contributed by atoms with Crippen LogP contribution < -0.4 is 10.2 Å². The minimum Gasteiger partial charge on any atom is -0.482 e. The number of rotatable bonds is 4. The van der Waals surface area contributed by atoms with Gasteiger partial charge in [0.2, 0.25) is 11.2 Å². The second-order valence-electron chi connectivity index (χ2n) is 5.15. The fourth-order valence-electron chi connectivity index (χ4n) is 2.27. The molecule has 1 aromatic carbocycles. The van der Waals surface area contributed by atoms with E-state index in [1.54, 1.807) is 4.90 Å². The van der Waals surface area contributed by atoms with E-state index in [1.165, 1.54) is 12.3 Å². The van der Waals surface area contributed by atoms with Crippen LogP contribution in [-0.2, 0) is 11.3 Å². The summed E-state index contributed by atoms with van der Waals surface area (Å²) in [5.41, 5.74) is 0.573. The predicted molar refractivity (Wildman–Crippen MR) is 82.5 cm³/mol. The molecule has 0 radical (unpaired) electrons. The molecule has 1 amide bonds. The van der Waals surface area contributed by atoms with Gasteiger partial charge < -0.3 is 18.8 Å². The number of morpholine rings is 1.